The van der Waals surface area contributed by atoms with E-state index in [1.807, 2.05) is 24.4 Å². The maximum Gasteiger partial charge on any atom is 0.0979 e. The Hall–Kier alpha value is -2.22. The Morgan fingerprint density at radius 1 is 0.938 bits per heavy atom. The third kappa shape index (κ3) is 0.865. The van der Waals surface area contributed by atoms with Crippen molar-refractivity contribution in [3.05, 3.63) is 63.7 Å². The Morgan fingerprint density at radius 3 is 2.88 bits per heavy atom. The number of fused-ring (bicyclic) bond motifs is 3. The summed E-state index contributed by atoms with van der Waals surface area (Å²) in [7, 11) is 0. The van der Waals surface area contributed by atoms with Crippen molar-refractivity contribution in [2.45, 2.75) is 0 Å². The quantitative estimate of drug-likeness (QED) is 0.566. The van der Waals surface area contributed by atoms with Crippen LogP contribution in [0.15, 0.2) is 47.6 Å². The van der Waals surface area contributed by atoms with Gasteiger partial charge in [-0.25, -0.2) is 4.99 Å². The van der Waals surface area contributed by atoms with Crippen LogP contribution in [0.1, 0.15) is 0 Å². The number of hydrogen-bond donors (Lipinski definition) is 0. The summed E-state index contributed by atoms with van der Waals surface area (Å²) in [6.07, 6.45) is 3.99. The molecule has 2 heterocycles. The Bertz CT molecular complexity index is 771. The lowest BCUT2D eigenvalue weighted by Crippen LogP contribution is -2.26. The maximum absolute atomic E-state index is 4.64. The predicted octanol–water partition coefficient (Wildman–Crippen LogP) is -0.532. The van der Waals surface area contributed by atoms with Crippen LogP contribution in [-0.2, 0) is 0 Å². The van der Waals surface area contributed by atoms with Crippen molar-refractivity contribution in [2.75, 3.05) is 0 Å². The molecular weight excluding hydrogens is 196 g/mol. The van der Waals surface area contributed by atoms with Crippen LogP contribution in [0.25, 0.3) is 17.3 Å². The van der Waals surface area contributed by atoms with Crippen molar-refractivity contribution in [3.8, 4) is 0 Å². The van der Waals surface area contributed by atoms with Crippen molar-refractivity contribution in [2.24, 2.45) is 4.99 Å². The second-order valence-corrected chi connectivity index (χ2v) is 3.98. The van der Waals surface area contributed by atoms with Gasteiger partial charge in [-0.15, -0.1) is 0 Å². The van der Waals surface area contributed by atoms with Gasteiger partial charge in [-0.3, -0.25) is 4.98 Å². The number of pyridine rings is 1. The van der Waals surface area contributed by atoms with Crippen molar-refractivity contribution in [3.63, 3.8) is 0 Å². The van der Waals surface area contributed by atoms with Crippen LogP contribution in [0.3, 0.4) is 0 Å². The van der Waals surface area contributed by atoms with Crippen molar-refractivity contribution in [1.29, 1.82) is 0 Å². The van der Waals surface area contributed by atoms with Crippen LogP contribution in [0, 0.1) is 0 Å². The highest BCUT2D eigenvalue weighted by molar-refractivity contribution is 6.06. The van der Waals surface area contributed by atoms with E-state index in [1.54, 1.807) is 0 Å². The fourth-order valence-electron chi connectivity index (χ4n) is 2.32. The van der Waals surface area contributed by atoms with E-state index >= 15 is 0 Å². The zero-order valence-corrected chi connectivity index (χ0v) is 8.51. The third-order valence-corrected chi connectivity index (χ3v) is 3.04. The number of para-hydroxylation sites is 1. The molecule has 0 amide bonds. The Kier molecular flexibility index (Phi) is 1.33. The Balaban J connectivity index is 2.32. The summed E-state index contributed by atoms with van der Waals surface area (Å²) in [5.74, 6) is 0. The molecule has 0 saturated heterocycles. The molecule has 0 unspecified atom stereocenters. The molecule has 0 fully saturated rings. The minimum Gasteiger partial charge on any atom is -0.254 e. The number of benzene rings is 1. The molecule has 1 aromatic heterocycles. The van der Waals surface area contributed by atoms with Gasteiger partial charge >= 0.3 is 0 Å². The smallest absolute Gasteiger partial charge is 0.0979 e. The molecule has 0 bridgehead atoms. The second kappa shape index (κ2) is 2.67. The number of rotatable bonds is 0. The molecule has 2 nitrogen and oxygen atoms in total. The lowest BCUT2D eigenvalue weighted by molar-refractivity contribution is 1.20. The normalized spacial score (nSPS) is 15.0. The van der Waals surface area contributed by atoms with Gasteiger partial charge in [0, 0.05) is 22.2 Å². The second-order valence-electron chi connectivity index (χ2n) is 3.98. The fourth-order valence-corrected chi connectivity index (χ4v) is 2.32. The molecule has 2 heteroatoms. The first-order chi connectivity index (χ1) is 7.93. The molecule has 1 aliphatic heterocycles. The SMILES string of the molecule is C1=c2cccnc2=C2N=c3ccccc3=C12. The van der Waals surface area contributed by atoms with Gasteiger partial charge in [0.2, 0.25) is 0 Å². The van der Waals surface area contributed by atoms with E-state index in [1.165, 1.54) is 16.0 Å². The first-order valence-electron chi connectivity index (χ1n) is 5.29. The van der Waals surface area contributed by atoms with Gasteiger partial charge in [0.15, 0.2) is 0 Å². The first kappa shape index (κ1) is 7.99. The molecule has 16 heavy (non-hydrogen) atoms. The minimum absolute atomic E-state index is 1.01. The van der Waals surface area contributed by atoms with E-state index in [-0.39, 0.29) is 0 Å². The summed E-state index contributed by atoms with van der Waals surface area (Å²) in [5, 5.41) is 4.45. The molecule has 2 aliphatic rings. The average Bonchev–Trinajstić information content (AvgIpc) is 2.85. The van der Waals surface area contributed by atoms with E-state index in [9.17, 15) is 0 Å². The molecule has 0 atom stereocenters. The van der Waals surface area contributed by atoms with Crippen LogP contribution in [0.5, 0.6) is 0 Å². The molecule has 0 N–H and O–H groups in total. The highest BCUT2D eigenvalue weighted by Crippen LogP contribution is 2.16. The molecule has 0 spiro atoms. The molecular formula is C14H8N2. The largest absolute Gasteiger partial charge is 0.254 e. The van der Waals surface area contributed by atoms with Gasteiger partial charge < -0.3 is 0 Å². The standard InChI is InChI=1S/C14H8N2/c1-2-6-12-10(5-1)11-8-9-4-3-7-15-13(9)14(11)16-12/h1-8H. The highest BCUT2D eigenvalue weighted by Gasteiger charge is 2.16. The van der Waals surface area contributed by atoms with E-state index in [4.69, 9.17) is 0 Å². The van der Waals surface area contributed by atoms with Gasteiger partial charge in [0.25, 0.3) is 0 Å². The van der Waals surface area contributed by atoms with E-state index in [0.29, 0.717) is 0 Å². The van der Waals surface area contributed by atoms with Crippen molar-refractivity contribution < 1.29 is 0 Å². The lowest BCUT2D eigenvalue weighted by Gasteiger charge is -1.88. The van der Waals surface area contributed by atoms with Gasteiger partial charge in [-0.2, -0.15) is 0 Å². The third-order valence-electron chi connectivity index (χ3n) is 3.04. The van der Waals surface area contributed by atoms with E-state index in [2.05, 4.69) is 34.3 Å². The molecule has 4 rings (SSSR count). The lowest BCUT2D eigenvalue weighted by atomic mass is 10.2. The zero-order valence-electron chi connectivity index (χ0n) is 8.51. The fraction of sp³-hybridized carbons (Fsp3) is 0. The zero-order chi connectivity index (χ0) is 10.5. The summed E-state index contributed by atoms with van der Waals surface area (Å²) < 4.78 is 0. The monoisotopic (exact) mass is 204 g/mol. The van der Waals surface area contributed by atoms with Gasteiger partial charge in [-0.05, 0) is 18.2 Å². The molecule has 0 radical (unpaired) electrons. The van der Waals surface area contributed by atoms with Gasteiger partial charge in [-0.1, -0.05) is 24.3 Å². The molecule has 0 saturated carbocycles. The summed E-state index contributed by atoms with van der Waals surface area (Å²) in [4.78, 5) is 9.04. The highest BCUT2D eigenvalue weighted by atomic mass is 14.8. The summed E-state index contributed by atoms with van der Waals surface area (Å²) >= 11 is 0. The first-order valence-corrected chi connectivity index (χ1v) is 5.29. The predicted molar refractivity (Wildman–Crippen MR) is 62.0 cm³/mol. The molecule has 2 aromatic rings. The maximum atomic E-state index is 4.64. The molecule has 1 aromatic carbocycles. The van der Waals surface area contributed by atoms with Crippen LogP contribution < -0.4 is 21.1 Å². The number of hydrogen-bond acceptors (Lipinski definition) is 2. The van der Waals surface area contributed by atoms with Crippen LogP contribution in [-0.4, -0.2) is 4.98 Å². The minimum atomic E-state index is 1.01. The average molecular weight is 204 g/mol. The van der Waals surface area contributed by atoms with Crippen molar-refractivity contribution >= 4 is 17.3 Å². The van der Waals surface area contributed by atoms with E-state index in [0.717, 1.165) is 16.4 Å². The van der Waals surface area contributed by atoms with Gasteiger partial charge in [0.05, 0.1) is 16.4 Å². The number of aromatic nitrogens is 1. The van der Waals surface area contributed by atoms with Crippen LogP contribution in [0.2, 0.25) is 0 Å². The summed E-state index contributed by atoms with van der Waals surface area (Å²) in [6.45, 7) is 0. The van der Waals surface area contributed by atoms with Crippen LogP contribution >= 0.6 is 0 Å². The topological polar surface area (TPSA) is 25.2 Å². The van der Waals surface area contributed by atoms with E-state index < -0.39 is 0 Å². The van der Waals surface area contributed by atoms with Crippen LogP contribution in [0.4, 0.5) is 0 Å². The summed E-state index contributed by atoms with van der Waals surface area (Å²) in [6, 6.07) is 12.3. The van der Waals surface area contributed by atoms with Gasteiger partial charge in [0.1, 0.15) is 0 Å². The molecule has 1 aliphatic carbocycles. The summed E-state index contributed by atoms with van der Waals surface area (Å²) in [5.41, 5.74) is 2.24. The Morgan fingerprint density at radius 2 is 1.88 bits per heavy atom. The van der Waals surface area contributed by atoms with Crippen molar-refractivity contribution in [1.82, 2.24) is 4.98 Å². The molecule has 74 valence electrons. The Labute approximate surface area is 91.6 Å². The number of nitrogens with zero attached hydrogens (tertiary/aromatic N) is 2.